The van der Waals surface area contributed by atoms with Crippen LogP contribution in [0.1, 0.15) is 22.3 Å². The van der Waals surface area contributed by atoms with Gasteiger partial charge in [0.05, 0.1) is 11.6 Å². The van der Waals surface area contributed by atoms with Gasteiger partial charge in [0, 0.05) is 10.9 Å². The summed E-state index contributed by atoms with van der Waals surface area (Å²) in [6.45, 7) is 0.526. The molecular weight excluding hydrogens is 402 g/mol. The number of rotatable bonds is 5. The zero-order valence-electron chi connectivity index (χ0n) is 14.7. The monoisotopic (exact) mass is 419 g/mol. The topological polar surface area (TPSA) is 42.2 Å². The lowest BCUT2D eigenvalue weighted by Gasteiger charge is -2.13. The van der Waals surface area contributed by atoms with Crippen molar-refractivity contribution in [3.05, 3.63) is 93.5 Å². The molecule has 27 heavy (non-hydrogen) atoms. The van der Waals surface area contributed by atoms with E-state index in [1.54, 1.807) is 0 Å². The fourth-order valence-electron chi connectivity index (χ4n) is 3.28. The van der Waals surface area contributed by atoms with E-state index in [1.165, 1.54) is 5.56 Å². The molecule has 1 heterocycles. The number of hydrogen-bond acceptors (Lipinski definition) is 3. The summed E-state index contributed by atoms with van der Waals surface area (Å²) in [5.41, 5.74) is 4.10. The Bertz CT molecular complexity index is 967. The molecular formula is C23H18BrNO2. The highest BCUT2D eigenvalue weighted by Crippen LogP contribution is 2.28. The van der Waals surface area contributed by atoms with E-state index in [4.69, 9.17) is 9.47 Å². The molecule has 0 spiro atoms. The molecule has 1 aliphatic rings. The van der Waals surface area contributed by atoms with Gasteiger partial charge in [-0.3, -0.25) is 0 Å². The molecule has 0 bridgehead atoms. The minimum Gasteiger partial charge on any atom is -0.490 e. The van der Waals surface area contributed by atoms with Crippen LogP contribution < -0.4 is 9.47 Å². The fourth-order valence-corrected chi connectivity index (χ4v) is 3.69. The first-order valence-corrected chi connectivity index (χ1v) is 9.65. The van der Waals surface area contributed by atoms with Crippen LogP contribution in [0.5, 0.6) is 11.5 Å². The number of fused-ring (bicyclic) bond motifs is 1. The largest absolute Gasteiger partial charge is 0.490 e. The van der Waals surface area contributed by atoms with Crippen LogP contribution in [0.4, 0.5) is 0 Å². The van der Waals surface area contributed by atoms with Gasteiger partial charge < -0.3 is 9.47 Å². The quantitative estimate of drug-likeness (QED) is 0.563. The van der Waals surface area contributed by atoms with Crippen LogP contribution in [0.15, 0.2) is 71.2 Å². The van der Waals surface area contributed by atoms with Gasteiger partial charge in [-0.2, -0.15) is 5.26 Å². The zero-order chi connectivity index (χ0) is 18.6. The van der Waals surface area contributed by atoms with Crippen molar-refractivity contribution in [1.29, 1.82) is 5.26 Å². The number of benzene rings is 3. The van der Waals surface area contributed by atoms with Gasteiger partial charge in [0.1, 0.15) is 24.2 Å². The SMILES string of the molecule is N#Cc1ccc(Br)cc1Cc1ccc(OCC2Cc3ccccc3O2)cc1. The van der Waals surface area contributed by atoms with Crippen LogP contribution in [0, 0.1) is 11.3 Å². The Kier molecular flexibility index (Phi) is 5.13. The summed E-state index contributed by atoms with van der Waals surface area (Å²) in [5, 5.41) is 9.27. The molecule has 0 radical (unpaired) electrons. The Morgan fingerprint density at radius 3 is 2.67 bits per heavy atom. The summed E-state index contributed by atoms with van der Waals surface area (Å²) < 4.78 is 12.8. The first-order chi connectivity index (χ1) is 13.2. The molecule has 4 heteroatoms. The molecule has 0 saturated carbocycles. The first-order valence-electron chi connectivity index (χ1n) is 8.86. The molecule has 0 fully saturated rings. The van der Waals surface area contributed by atoms with Crippen LogP contribution in [0.25, 0.3) is 0 Å². The van der Waals surface area contributed by atoms with Crippen molar-refractivity contribution in [2.75, 3.05) is 6.61 Å². The average molecular weight is 420 g/mol. The zero-order valence-corrected chi connectivity index (χ0v) is 16.3. The van der Waals surface area contributed by atoms with Crippen molar-refractivity contribution in [3.8, 4) is 17.6 Å². The van der Waals surface area contributed by atoms with E-state index in [1.807, 2.05) is 60.7 Å². The van der Waals surface area contributed by atoms with Crippen molar-refractivity contribution >= 4 is 15.9 Å². The molecule has 3 aromatic rings. The second-order valence-corrected chi connectivity index (χ2v) is 7.51. The maximum absolute atomic E-state index is 9.27. The summed E-state index contributed by atoms with van der Waals surface area (Å²) in [6, 6.07) is 24.1. The third-order valence-corrected chi connectivity index (χ3v) is 5.15. The van der Waals surface area contributed by atoms with Crippen molar-refractivity contribution in [2.24, 2.45) is 0 Å². The second kappa shape index (κ2) is 7.85. The summed E-state index contributed by atoms with van der Waals surface area (Å²) in [5.74, 6) is 1.79. The normalized spacial score (nSPS) is 14.9. The second-order valence-electron chi connectivity index (χ2n) is 6.60. The molecule has 4 rings (SSSR count). The first kappa shape index (κ1) is 17.6. The molecule has 0 amide bonds. The predicted octanol–water partition coefficient (Wildman–Crippen LogP) is 5.29. The molecule has 3 aromatic carbocycles. The highest BCUT2D eigenvalue weighted by Gasteiger charge is 2.22. The standard InChI is InChI=1S/C23H18BrNO2/c24-20-8-7-18(14-25)19(12-20)11-16-5-9-21(10-6-16)26-15-22-13-17-3-1-2-4-23(17)27-22/h1-10,12,22H,11,13,15H2. The Morgan fingerprint density at radius 1 is 1.07 bits per heavy atom. The Labute approximate surface area is 167 Å². The van der Waals surface area contributed by atoms with E-state index in [0.717, 1.165) is 33.5 Å². The minimum atomic E-state index is 0.0573. The number of ether oxygens (including phenoxy) is 2. The molecule has 1 atom stereocenters. The van der Waals surface area contributed by atoms with Gasteiger partial charge in [-0.05, 0) is 59.5 Å². The fraction of sp³-hybridized carbons (Fsp3) is 0.174. The molecule has 3 nitrogen and oxygen atoms in total. The highest BCUT2D eigenvalue weighted by molar-refractivity contribution is 9.10. The minimum absolute atomic E-state index is 0.0573. The Morgan fingerprint density at radius 2 is 1.89 bits per heavy atom. The van der Waals surface area contributed by atoms with Crippen LogP contribution in [-0.2, 0) is 12.8 Å². The lowest BCUT2D eigenvalue weighted by atomic mass is 10.0. The van der Waals surface area contributed by atoms with Gasteiger partial charge in [-0.25, -0.2) is 0 Å². The van der Waals surface area contributed by atoms with Crippen LogP contribution in [0.3, 0.4) is 0 Å². The van der Waals surface area contributed by atoms with Gasteiger partial charge in [0.25, 0.3) is 0 Å². The molecule has 1 unspecified atom stereocenters. The van der Waals surface area contributed by atoms with Crippen molar-refractivity contribution in [2.45, 2.75) is 18.9 Å². The van der Waals surface area contributed by atoms with Gasteiger partial charge in [-0.1, -0.05) is 46.3 Å². The van der Waals surface area contributed by atoms with E-state index >= 15 is 0 Å². The lowest BCUT2D eigenvalue weighted by molar-refractivity contribution is 0.148. The summed E-state index contributed by atoms with van der Waals surface area (Å²) in [4.78, 5) is 0. The smallest absolute Gasteiger partial charge is 0.137 e. The van der Waals surface area contributed by atoms with Gasteiger partial charge in [0.2, 0.25) is 0 Å². The molecule has 0 aliphatic carbocycles. The summed E-state index contributed by atoms with van der Waals surface area (Å²) >= 11 is 3.47. The van der Waals surface area contributed by atoms with Crippen LogP contribution in [-0.4, -0.2) is 12.7 Å². The molecule has 0 saturated heterocycles. The van der Waals surface area contributed by atoms with E-state index in [2.05, 4.69) is 28.1 Å². The lowest BCUT2D eigenvalue weighted by Crippen LogP contribution is -2.22. The van der Waals surface area contributed by atoms with Crippen molar-refractivity contribution < 1.29 is 9.47 Å². The van der Waals surface area contributed by atoms with Crippen molar-refractivity contribution in [1.82, 2.24) is 0 Å². The van der Waals surface area contributed by atoms with E-state index in [0.29, 0.717) is 18.6 Å². The molecule has 1 aliphatic heterocycles. The van der Waals surface area contributed by atoms with E-state index in [-0.39, 0.29) is 6.10 Å². The maximum atomic E-state index is 9.27. The van der Waals surface area contributed by atoms with Gasteiger partial charge in [-0.15, -0.1) is 0 Å². The number of para-hydroxylation sites is 1. The highest BCUT2D eigenvalue weighted by atomic mass is 79.9. The third kappa shape index (κ3) is 4.15. The Hall–Kier alpha value is -2.77. The number of nitriles is 1. The number of halogens is 1. The maximum Gasteiger partial charge on any atom is 0.137 e. The predicted molar refractivity (Wildman–Crippen MR) is 108 cm³/mol. The molecule has 0 aromatic heterocycles. The third-order valence-electron chi connectivity index (χ3n) is 4.66. The molecule has 134 valence electrons. The number of nitrogens with zero attached hydrogens (tertiary/aromatic N) is 1. The number of hydrogen-bond donors (Lipinski definition) is 0. The summed E-state index contributed by atoms with van der Waals surface area (Å²) in [7, 11) is 0. The van der Waals surface area contributed by atoms with Gasteiger partial charge >= 0.3 is 0 Å². The van der Waals surface area contributed by atoms with E-state index in [9.17, 15) is 5.26 Å². The average Bonchev–Trinajstić information content (AvgIpc) is 3.11. The Balaban J connectivity index is 1.36. The van der Waals surface area contributed by atoms with E-state index < -0.39 is 0 Å². The summed E-state index contributed by atoms with van der Waals surface area (Å²) in [6.07, 6.45) is 1.65. The van der Waals surface area contributed by atoms with Gasteiger partial charge in [0.15, 0.2) is 0 Å². The van der Waals surface area contributed by atoms with Crippen LogP contribution >= 0.6 is 15.9 Å². The van der Waals surface area contributed by atoms with Crippen molar-refractivity contribution in [3.63, 3.8) is 0 Å². The van der Waals surface area contributed by atoms with Crippen LogP contribution in [0.2, 0.25) is 0 Å². The molecule has 0 N–H and O–H groups in total.